The minimum Gasteiger partial charge on any atom is -0.370 e. The number of carbonyl (C=O) groups excluding carboxylic acids is 2. The Bertz CT molecular complexity index is 1030. The normalized spacial score (nSPS) is 12.3. The molecule has 0 aliphatic rings. The van der Waals surface area contributed by atoms with Crippen molar-refractivity contribution in [1.29, 1.82) is 0 Å². The number of carbonyl (C=O) groups is 2. The molecule has 0 fully saturated rings. The average Bonchev–Trinajstić information content (AvgIpc) is 3.40. The van der Waals surface area contributed by atoms with E-state index in [1.54, 1.807) is 13.0 Å². The summed E-state index contributed by atoms with van der Waals surface area (Å²) >= 11 is 1.13. The van der Waals surface area contributed by atoms with Crippen LogP contribution in [0, 0.1) is 0 Å². The number of nitrogens with one attached hydrogen (secondary N) is 3. The van der Waals surface area contributed by atoms with Gasteiger partial charge in [0.05, 0.1) is 12.2 Å². The quantitative estimate of drug-likeness (QED) is 0.336. The first-order valence-electron chi connectivity index (χ1n) is 8.26. The van der Waals surface area contributed by atoms with E-state index in [0.29, 0.717) is 21.5 Å². The largest absolute Gasteiger partial charge is 0.370 e. The van der Waals surface area contributed by atoms with Gasteiger partial charge in [-0.2, -0.15) is 0 Å². The Morgan fingerprint density at radius 3 is 2.79 bits per heavy atom. The molecule has 1 unspecified atom stereocenters. The highest BCUT2D eigenvalue weighted by Gasteiger charge is 2.18. The molecule has 13 heteroatoms. The van der Waals surface area contributed by atoms with E-state index in [-0.39, 0.29) is 11.7 Å². The second-order valence-corrected chi connectivity index (χ2v) is 6.68. The van der Waals surface area contributed by atoms with Crippen molar-refractivity contribution in [2.75, 3.05) is 12.4 Å². The lowest BCUT2D eigenvalue weighted by atomic mass is 10.3. The van der Waals surface area contributed by atoms with E-state index in [4.69, 9.17) is 10.3 Å². The fraction of sp³-hybridized carbons (Fsp3) is 0.188. The van der Waals surface area contributed by atoms with Gasteiger partial charge in [0.1, 0.15) is 34.0 Å². The van der Waals surface area contributed by atoms with E-state index in [1.165, 1.54) is 31.9 Å². The zero-order valence-corrected chi connectivity index (χ0v) is 16.2. The zero-order chi connectivity index (χ0) is 20.8. The van der Waals surface area contributed by atoms with Crippen molar-refractivity contribution >= 4 is 40.7 Å². The van der Waals surface area contributed by atoms with E-state index in [0.717, 1.165) is 11.3 Å². The second kappa shape index (κ2) is 8.88. The van der Waals surface area contributed by atoms with Crippen LogP contribution in [0.4, 0.5) is 11.6 Å². The Labute approximate surface area is 168 Å². The minimum atomic E-state index is -0.451. The number of amides is 2. The average molecular weight is 415 g/mol. The molecule has 0 bridgehead atoms. The van der Waals surface area contributed by atoms with Crippen LogP contribution in [0.5, 0.6) is 0 Å². The Morgan fingerprint density at radius 2 is 2.07 bits per heavy atom. The molecule has 5 N–H and O–H groups in total. The van der Waals surface area contributed by atoms with Gasteiger partial charge in [-0.05, 0) is 6.92 Å². The van der Waals surface area contributed by atoms with Gasteiger partial charge in [0.2, 0.25) is 0 Å². The minimum absolute atomic E-state index is 0.00472. The summed E-state index contributed by atoms with van der Waals surface area (Å²) < 4.78 is 4.73. The van der Waals surface area contributed by atoms with Crippen molar-refractivity contribution in [3.63, 3.8) is 0 Å². The fourth-order valence-electron chi connectivity index (χ4n) is 2.12. The number of thiazole rings is 1. The number of aliphatic imine (C=N–C) groups is 1. The first-order valence-corrected chi connectivity index (χ1v) is 9.07. The molecule has 29 heavy (non-hydrogen) atoms. The van der Waals surface area contributed by atoms with Crippen LogP contribution in [0.3, 0.4) is 0 Å². The Balaban J connectivity index is 1.64. The van der Waals surface area contributed by atoms with Crippen molar-refractivity contribution in [1.82, 2.24) is 30.7 Å². The van der Waals surface area contributed by atoms with Gasteiger partial charge < -0.3 is 20.9 Å². The molecule has 0 aliphatic carbocycles. The zero-order valence-electron chi connectivity index (χ0n) is 15.4. The molecule has 2 amide bonds. The third-order valence-electron chi connectivity index (χ3n) is 3.54. The highest BCUT2D eigenvalue weighted by molar-refractivity contribution is 7.13. The van der Waals surface area contributed by atoms with Crippen LogP contribution in [0.15, 0.2) is 40.4 Å². The maximum Gasteiger partial charge on any atom is 0.270 e. The number of nitrogens with two attached hydrogens (primary N) is 1. The van der Waals surface area contributed by atoms with Crippen molar-refractivity contribution < 1.29 is 14.1 Å². The SMILES string of the molecule is CN=C(N)NC(=O)c1cnc(C(C)NC(=O)c2cc(Nc3ccon3)ncn2)s1. The summed E-state index contributed by atoms with van der Waals surface area (Å²) in [5, 5.41) is 12.4. The molecule has 1 atom stereocenters. The molecule has 3 heterocycles. The first-order chi connectivity index (χ1) is 14.0. The first kappa shape index (κ1) is 19.9. The van der Waals surface area contributed by atoms with Gasteiger partial charge in [-0.15, -0.1) is 11.3 Å². The van der Waals surface area contributed by atoms with Crippen LogP contribution in [-0.2, 0) is 0 Å². The number of guanidine groups is 1. The molecule has 12 nitrogen and oxygen atoms in total. The predicted molar refractivity (Wildman–Crippen MR) is 105 cm³/mol. The summed E-state index contributed by atoms with van der Waals surface area (Å²) in [5.74, 6) is -0.00707. The standard InChI is InChI=1S/C16H17N9O3S/c1-8(15-19-6-10(29-15)14(27)24-16(17)18-2)22-13(26)9-5-12(21-7-20-9)23-11-3-4-28-25-11/h3-8H,1-2H3,(H,22,26)(H3,17,18,24,27)(H,20,21,23,25). The second-order valence-electron chi connectivity index (χ2n) is 5.62. The van der Waals surface area contributed by atoms with Gasteiger partial charge in [-0.3, -0.25) is 19.9 Å². The van der Waals surface area contributed by atoms with Crippen LogP contribution in [-0.4, -0.2) is 44.9 Å². The number of aromatic nitrogens is 4. The number of rotatable bonds is 6. The third-order valence-corrected chi connectivity index (χ3v) is 4.72. The van der Waals surface area contributed by atoms with Crippen molar-refractivity contribution in [3.05, 3.63) is 46.5 Å². The summed E-state index contributed by atoms with van der Waals surface area (Å²) in [4.78, 5) is 40.7. The van der Waals surface area contributed by atoms with Crippen LogP contribution in [0.2, 0.25) is 0 Å². The molecule has 3 aromatic heterocycles. The topological polar surface area (TPSA) is 173 Å². The van der Waals surface area contributed by atoms with Crippen LogP contribution < -0.4 is 21.7 Å². The molecular formula is C16H17N9O3S. The van der Waals surface area contributed by atoms with E-state index < -0.39 is 17.9 Å². The number of nitrogens with zero attached hydrogens (tertiary/aromatic N) is 5. The summed E-state index contributed by atoms with van der Waals surface area (Å²) in [6.07, 6.45) is 4.07. The van der Waals surface area contributed by atoms with Crippen molar-refractivity contribution in [2.24, 2.45) is 10.7 Å². The molecule has 0 aromatic carbocycles. The number of anilines is 2. The molecule has 0 saturated carbocycles. The van der Waals surface area contributed by atoms with E-state index >= 15 is 0 Å². The van der Waals surface area contributed by atoms with Crippen molar-refractivity contribution in [2.45, 2.75) is 13.0 Å². The van der Waals surface area contributed by atoms with Gasteiger partial charge in [-0.25, -0.2) is 15.0 Å². The molecule has 3 aromatic rings. The van der Waals surface area contributed by atoms with Gasteiger partial charge in [-0.1, -0.05) is 5.16 Å². The molecule has 150 valence electrons. The summed E-state index contributed by atoms with van der Waals surface area (Å²) in [7, 11) is 1.46. The lowest BCUT2D eigenvalue weighted by Gasteiger charge is -2.11. The van der Waals surface area contributed by atoms with Gasteiger partial charge in [0.15, 0.2) is 11.8 Å². The molecular weight excluding hydrogens is 398 g/mol. The van der Waals surface area contributed by atoms with Gasteiger partial charge in [0, 0.05) is 19.2 Å². The molecule has 0 spiro atoms. The smallest absolute Gasteiger partial charge is 0.270 e. The van der Waals surface area contributed by atoms with Gasteiger partial charge in [0.25, 0.3) is 11.8 Å². The predicted octanol–water partition coefficient (Wildman–Crippen LogP) is 0.830. The number of hydrogen-bond donors (Lipinski definition) is 4. The molecule has 0 aliphatic heterocycles. The Kier molecular flexibility index (Phi) is 6.09. The molecule has 0 radical (unpaired) electrons. The van der Waals surface area contributed by atoms with Crippen LogP contribution in [0.25, 0.3) is 0 Å². The third kappa shape index (κ3) is 5.10. The maximum atomic E-state index is 12.5. The summed E-state index contributed by atoms with van der Waals surface area (Å²) in [5.41, 5.74) is 5.63. The fourth-order valence-corrected chi connectivity index (χ4v) is 2.93. The number of hydrogen-bond acceptors (Lipinski definition) is 10. The molecule has 3 rings (SSSR count). The highest BCUT2D eigenvalue weighted by atomic mass is 32.1. The lowest BCUT2D eigenvalue weighted by molar-refractivity contribution is 0.0933. The van der Waals surface area contributed by atoms with Gasteiger partial charge >= 0.3 is 0 Å². The summed E-state index contributed by atoms with van der Waals surface area (Å²) in [6.45, 7) is 1.75. The van der Waals surface area contributed by atoms with E-state index in [9.17, 15) is 9.59 Å². The summed E-state index contributed by atoms with van der Waals surface area (Å²) in [6, 6.07) is 2.64. The lowest BCUT2D eigenvalue weighted by Crippen LogP contribution is -2.36. The Morgan fingerprint density at radius 1 is 1.24 bits per heavy atom. The van der Waals surface area contributed by atoms with E-state index in [2.05, 4.69) is 41.1 Å². The van der Waals surface area contributed by atoms with Crippen molar-refractivity contribution in [3.8, 4) is 0 Å². The van der Waals surface area contributed by atoms with Crippen LogP contribution >= 0.6 is 11.3 Å². The van der Waals surface area contributed by atoms with Crippen LogP contribution in [0.1, 0.15) is 38.1 Å². The maximum absolute atomic E-state index is 12.5. The molecule has 0 saturated heterocycles. The monoisotopic (exact) mass is 415 g/mol. The Hall–Kier alpha value is -3.87. The highest BCUT2D eigenvalue weighted by Crippen LogP contribution is 2.20. The van der Waals surface area contributed by atoms with E-state index in [1.807, 2.05) is 0 Å².